The van der Waals surface area contributed by atoms with Crippen molar-refractivity contribution in [3.63, 3.8) is 0 Å². The smallest absolute Gasteiger partial charge is 0.0104 e. The van der Waals surface area contributed by atoms with E-state index >= 15 is 0 Å². The van der Waals surface area contributed by atoms with E-state index in [1.165, 1.54) is 17.7 Å². The highest BCUT2D eigenvalue weighted by molar-refractivity contribution is 7.98. The highest BCUT2D eigenvalue weighted by atomic mass is 32.2. The second kappa shape index (κ2) is 8.84. The van der Waals surface area contributed by atoms with Gasteiger partial charge in [0.25, 0.3) is 0 Å². The van der Waals surface area contributed by atoms with Crippen LogP contribution < -0.4 is 0 Å². The largest absolute Gasteiger partial charge is 0.129 e. The van der Waals surface area contributed by atoms with Crippen molar-refractivity contribution in [2.45, 2.75) is 51.3 Å². The van der Waals surface area contributed by atoms with Crippen molar-refractivity contribution < 1.29 is 0 Å². The first kappa shape index (κ1) is 14.6. The Bertz CT molecular complexity index is 251. The molecule has 1 fully saturated rings. The predicted octanol–water partition coefficient (Wildman–Crippen LogP) is 5.34. The molecule has 15 heavy (non-hydrogen) atoms. The minimum Gasteiger partial charge on any atom is -0.129 e. The molecule has 1 aliphatic rings. The van der Waals surface area contributed by atoms with Gasteiger partial charge in [-0.1, -0.05) is 45.9 Å². The normalized spacial score (nSPS) is 13.1. The molecule has 0 amide bonds. The van der Waals surface area contributed by atoms with E-state index in [2.05, 4.69) is 30.5 Å². The van der Waals surface area contributed by atoms with Gasteiger partial charge < -0.3 is 0 Å². The standard InChI is InChI=1S/C10H12S.2C2H6/c1-11-10-5-3-2-4-9(10)8-6-7-8;2*1-2/h2-5,8H,6-7H2,1H3;2*1-2H3. The highest BCUT2D eigenvalue weighted by Crippen LogP contribution is 2.43. The second-order valence-corrected chi connectivity index (χ2v) is 3.86. The Hall–Kier alpha value is -0.430. The van der Waals surface area contributed by atoms with Crippen molar-refractivity contribution in [3.8, 4) is 0 Å². The molecule has 0 unspecified atom stereocenters. The van der Waals surface area contributed by atoms with E-state index < -0.39 is 0 Å². The van der Waals surface area contributed by atoms with Gasteiger partial charge in [0.05, 0.1) is 0 Å². The monoisotopic (exact) mass is 224 g/mol. The third kappa shape index (κ3) is 4.74. The van der Waals surface area contributed by atoms with Crippen molar-refractivity contribution in [1.82, 2.24) is 0 Å². The average molecular weight is 224 g/mol. The maximum Gasteiger partial charge on any atom is 0.0104 e. The van der Waals surface area contributed by atoms with Crippen molar-refractivity contribution in [1.29, 1.82) is 0 Å². The van der Waals surface area contributed by atoms with Crippen LogP contribution in [0, 0.1) is 0 Å². The Kier molecular flexibility index (Phi) is 8.59. The summed E-state index contributed by atoms with van der Waals surface area (Å²) in [4.78, 5) is 1.47. The Morgan fingerprint density at radius 1 is 1.00 bits per heavy atom. The summed E-state index contributed by atoms with van der Waals surface area (Å²) in [7, 11) is 0. The van der Waals surface area contributed by atoms with E-state index in [0.717, 1.165) is 5.92 Å². The van der Waals surface area contributed by atoms with Crippen LogP contribution in [0.1, 0.15) is 52.0 Å². The molecule has 0 N–H and O–H groups in total. The second-order valence-electron chi connectivity index (χ2n) is 3.02. The van der Waals surface area contributed by atoms with Crippen molar-refractivity contribution in [2.24, 2.45) is 0 Å². The van der Waals surface area contributed by atoms with Crippen LogP contribution in [0.5, 0.6) is 0 Å². The molecule has 0 aromatic heterocycles. The maximum absolute atomic E-state index is 2.27. The predicted molar refractivity (Wildman–Crippen MR) is 72.9 cm³/mol. The maximum atomic E-state index is 2.27. The third-order valence-electron chi connectivity index (χ3n) is 2.16. The van der Waals surface area contributed by atoms with Crippen LogP contribution in [0.15, 0.2) is 29.2 Å². The molecule has 0 saturated heterocycles. The summed E-state index contributed by atoms with van der Waals surface area (Å²) in [5, 5.41) is 0. The van der Waals surface area contributed by atoms with Crippen LogP contribution >= 0.6 is 11.8 Å². The lowest BCUT2D eigenvalue weighted by atomic mass is 10.1. The van der Waals surface area contributed by atoms with E-state index in [0.29, 0.717) is 0 Å². The van der Waals surface area contributed by atoms with Gasteiger partial charge in [0.2, 0.25) is 0 Å². The molecule has 0 bridgehead atoms. The zero-order chi connectivity index (χ0) is 11.7. The van der Waals surface area contributed by atoms with E-state index in [4.69, 9.17) is 0 Å². The molecule has 1 aromatic rings. The van der Waals surface area contributed by atoms with Crippen LogP contribution in [0.25, 0.3) is 0 Å². The molecule has 1 saturated carbocycles. The van der Waals surface area contributed by atoms with Gasteiger partial charge in [0, 0.05) is 4.90 Å². The van der Waals surface area contributed by atoms with Gasteiger partial charge in [-0.25, -0.2) is 0 Å². The molecule has 0 radical (unpaired) electrons. The zero-order valence-corrected chi connectivity index (χ0v) is 11.5. The van der Waals surface area contributed by atoms with Crippen LogP contribution in [0.2, 0.25) is 0 Å². The molecule has 0 atom stereocenters. The summed E-state index contributed by atoms with van der Waals surface area (Å²) in [6.07, 6.45) is 4.95. The zero-order valence-electron chi connectivity index (χ0n) is 10.7. The summed E-state index contributed by atoms with van der Waals surface area (Å²) in [5.74, 6) is 0.888. The van der Waals surface area contributed by atoms with Crippen LogP contribution in [-0.4, -0.2) is 6.26 Å². The SMILES string of the molecule is CC.CC.CSc1ccccc1C1CC1. The highest BCUT2D eigenvalue weighted by Gasteiger charge is 2.25. The third-order valence-corrected chi connectivity index (χ3v) is 2.97. The van der Waals surface area contributed by atoms with E-state index in [1.54, 1.807) is 5.56 Å². The Morgan fingerprint density at radius 3 is 2.00 bits per heavy atom. The molecule has 0 spiro atoms. The lowest BCUT2D eigenvalue weighted by Crippen LogP contribution is -1.81. The Balaban J connectivity index is 0.000000442. The molecule has 2 rings (SSSR count). The van der Waals surface area contributed by atoms with Crippen molar-refractivity contribution in [2.75, 3.05) is 6.26 Å². The fraction of sp³-hybridized carbons (Fsp3) is 0.571. The Morgan fingerprint density at radius 2 is 1.53 bits per heavy atom. The fourth-order valence-electron chi connectivity index (χ4n) is 1.40. The average Bonchev–Trinajstić information content (AvgIpc) is 3.18. The van der Waals surface area contributed by atoms with Crippen molar-refractivity contribution >= 4 is 11.8 Å². The number of hydrogen-bond acceptors (Lipinski definition) is 1. The summed E-state index contributed by atoms with van der Waals surface area (Å²) in [6, 6.07) is 8.76. The minimum absolute atomic E-state index is 0.888. The van der Waals surface area contributed by atoms with E-state index in [-0.39, 0.29) is 0 Å². The van der Waals surface area contributed by atoms with E-state index in [1.807, 2.05) is 39.5 Å². The molecule has 1 heteroatoms. The first-order valence-electron chi connectivity index (χ1n) is 6.04. The van der Waals surface area contributed by atoms with Gasteiger partial charge >= 0.3 is 0 Å². The van der Waals surface area contributed by atoms with Gasteiger partial charge in [-0.3, -0.25) is 0 Å². The molecule has 0 aliphatic heterocycles. The summed E-state index contributed by atoms with van der Waals surface area (Å²) < 4.78 is 0. The van der Waals surface area contributed by atoms with Gasteiger partial charge in [-0.05, 0) is 36.6 Å². The molecule has 0 heterocycles. The van der Waals surface area contributed by atoms with Crippen LogP contribution in [0.3, 0.4) is 0 Å². The van der Waals surface area contributed by atoms with Crippen LogP contribution in [-0.2, 0) is 0 Å². The Labute approximate surface area is 99.5 Å². The number of benzene rings is 1. The molecular formula is C14H24S. The number of thioether (sulfide) groups is 1. The molecular weight excluding hydrogens is 200 g/mol. The van der Waals surface area contributed by atoms with Gasteiger partial charge in [-0.2, -0.15) is 0 Å². The topological polar surface area (TPSA) is 0 Å². The summed E-state index contributed by atoms with van der Waals surface area (Å²) >= 11 is 1.86. The van der Waals surface area contributed by atoms with E-state index in [9.17, 15) is 0 Å². The van der Waals surface area contributed by atoms with Crippen LogP contribution in [0.4, 0.5) is 0 Å². The quantitative estimate of drug-likeness (QED) is 0.611. The number of hydrogen-bond donors (Lipinski definition) is 0. The van der Waals surface area contributed by atoms with Gasteiger partial charge in [-0.15, -0.1) is 11.8 Å². The fourth-order valence-corrected chi connectivity index (χ4v) is 2.08. The molecule has 0 nitrogen and oxygen atoms in total. The lowest BCUT2D eigenvalue weighted by molar-refractivity contribution is 1.07. The number of rotatable bonds is 2. The first-order valence-corrected chi connectivity index (χ1v) is 7.27. The molecule has 86 valence electrons. The lowest BCUT2D eigenvalue weighted by Gasteiger charge is -2.03. The first-order chi connectivity index (χ1) is 7.42. The minimum atomic E-state index is 0.888. The summed E-state index contributed by atoms with van der Waals surface area (Å²) in [6.45, 7) is 8.00. The van der Waals surface area contributed by atoms with Gasteiger partial charge in [0.15, 0.2) is 0 Å². The molecule has 1 aliphatic carbocycles. The molecule has 1 aromatic carbocycles. The summed E-state index contributed by atoms with van der Waals surface area (Å²) in [5.41, 5.74) is 1.57. The van der Waals surface area contributed by atoms with Gasteiger partial charge in [0.1, 0.15) is 0 Å². The van der Waals surface area contributed by atoms with Crippen molar-refractivity contribution in [3.05, 3.63) is 29.8 Å².